The van der Waals surface area contributed by atoms with Crippen LogP contribution in [0, 0.1) is 10.1 Å². The third kappa shape index (κ3) is 1.73. The summed E-state index contributed by atoms with van der Waals surface area (Å²) in [5, 5.41) is 10.3. The molecule has 1 heterocycles. The molecule has 0 spiro atoms. The normalized spacial score (nSPS) is 22.2. The van der Waals surface area contributed by atoms with Crippen molar-refractivity contribution in [3.8, 4) is 0 Å². The number of hydrogen-bond acceptors (Lipinski definition) is 4. The van der Waals surface area contributed by atoms with Gasteiger partial charge < -0.3 is 0 Å². The van der Waals surface area contributed by atoms with Crippen LogP contribution >= 0.6 is 12.2 Å². The van der Waals surface area contributed by atoms with Crippen molar-refractivity contribution in [1.29, 1.82) is 0 Å². The summed E-state index contributed by atoms with van der Waals surface area (Å²) in [5.74, 6) is 0. The Bertz CT molecular complexity index is 283. The fourth-order valence-electron chi connectivity index (χ4n) is 0.925. The van der Waals surface area contributed by atoms with E-state index in [1.807, 2.05) is 6.92 Å². The maximum atomic E-state index is 10.3. The predicted molar refractivity (Wildman–Crippen MR) is 50.2 cm³/mol. The Kier molecular flexibility index (Phi) is 2.65. The summed E-state index contributed by atoms with van der Waals surface area (Å²) in [5.41, 5.74) is -0.0234. The number of hydrogen-bond donors (Lipinski definition) is 0. The van der Waals surface area contributed by atoms with Crippen molar-refractivity contribution in [3.63, 3.8) is 0 Å². The second-order valence-electron chi connectivity index (χ2n) is 2.43. The van der Waals surface area contributed by atoms with Crippen LogP contribution in [-0.4, -0.2) is 22.0 Å². The van der Waals surface area contributed by atoms with E-state index in [4.69, 9.17) is 12.2 Å². The Morgan fingerprint density at radius 3 is 2.92 bits per heavy atom. The van der Waals surface area contributed by atoms with Crippen molar-refractivity contribution in [3.05, 3.63) is 21.9 Å². The number of nitrogens with zero attached hydrogens (tertiary/aromatic N) is 2. The lowest BCUT2D eigenvalue weighted by atomic mass is 10.1. The number of aliphatic imine (C=N–C) groups is 1. The van der Waals surface area contributed by atoms with Gasteiger partial charge in [-0.25, -0.2) is 0 Å². The second-order valence-corrected chi connectivity index (χ2v) is 2.90. The van der Waals surface area contributed by atoms with Crippen LogP contribution in [0.15, 0.2) is 16.8 Å². The summed E-state index contributed by atoms with van der Waals surface area (Å²) in [6.45, 7) is 1.94. The predicted octanol–water partition coefficient (Wildman–Crippen LogP) is 1.38. The molecule has 0 amide bonds. The number of rotatable bonds is 2. The number of thiocarbonyl (C=S) groups is 1. The van der Waals surface area contributed by atoms with Crippen LogP contribution in [-0.2, 0) is 0 Å². The molecule has 0 N–H and O–H groups in total. The molecule has 64 valence electrons. The highest BCUT2D eigenvalue weighted by Crippen LogP contribution is 2.10. The highest BCUT2D eigenvalue weighted by Gasteiger charge is 2.19. The lowest BCUT2D eigenvalue weighted by Crippen LogP contribution is -2.20. The largest absolute Gasteiger partial charge is 0.288 e. The molecule has 1 unspecified atom stereocenters. The molecule has 0 aliphatic carbocycles. The van der Waals surface area contributed by atoms with Crippen LogP contribution in [0.3, 0.4) is 0 Å². The van der Waals surface area contributed by atoms with Crippen molar-refractivity contribution in [1.82, 2.24) is 0 Å². The summed E-state index contributed by atoms with van der Waals surface area (Å²) < 4.78 is 0. The van der Waals surface area contributed by atoms with E-state index >= 15 is 0 Å². The van der Waals surface area contributed by atoms with Gasteiger partial charge in [0.2, 0.25) is 0 Å². The van der Waals surface area contributed by atoms with Gasteiger partial charge >= 0.3 is 0 Å². The van der Waals surface area contributed by atoms with Crippen molar-refractivity contribution in [2.24, 2.45) is 4.99 Å². The van der Waals surface area contributed by atoms with Gasteiger partial charge in [0.05, 0.1) is 17.2 Å². The van der Waals surface area contributed by atoms with Gasteiger partial charge in [0.15, 0.2) is 0 Å². The van der Waals surface area contributed by atoms with E-state index in [0.717, 1.165) is 6.42 Å². The van der Waals surface area contributed by atoms with E-state index in [9.17, 15) is 10.1 Å². The molecule has 0 radical (unpaired) electrons. The molecule has 12 heavy (non-hydrogen) atoms. The Balaban J connectivity index is 2.83. The maximum Gasteiger partial charge on any atom is 0.288 e. The van der Waals surface area contributed by atoms with Crippen LogP contribution in [0.1, 0.15) is 13.3 Å². The molecule has 4 nitrogen and oxygen atoms in total. The minimum absolute atomic E-state index is 0.0234. The number of dihydropyridines is 1. The molecule has 1 rings (SSSR count). The van der Waals surface area contributed by atoms with Crippen molar-refractivity contribution in [2.75, 3.05) is 0 Å². The van der Waals surface area contributed by atoms with Gasteiger partial charge in [-0.2, -0.15) is 0 Å². The molecule has 1 atom stereocenters. The van der Waals surface area contributed by atoms with Gasteiger partial charge in [-0.05, 0) is 6.42 Å². The molecule has 0 aromatic heterocycles. The van der Waals surface area contributed by atoms with Crippen LogP contribution < -0.4 is 0 Å². The first-order valence-electron chi connectivity index (χ1n) is 3.58. The average Bonchev–Trinajstić information content (AvgIpc) is 2.04. The fraction of sp³-hybridized carbons (Fsp3) is 0.429. The number of allylic oxidation sites excluding steroid dienone is 1. The molecule has 0 saturated carbocycles. The summed E-state index contributed by atoms with van der Waals surface area (Å²) >= 11 is 4.93. The van der Waals surface area contributed by atoms with Gasteiger partial charge in [0.1, 0.15) is 0 Å². The third-order valence-electron chi connectivity index (χ3n) is 1.60. The molecule has 1 aliphatic heterocycles. The number of nitro groups is 1. The van der Waals surface area contributed by atoms with Gasteiger partial charge in [-0.15, -0.1) is 0 Å². The average molecular weight is 184 g/mol. The van der Waals surface area contributed by atoms with E-state index in [1.165, 1.54) is 12.3 Å². The van der Waals surface area contributed by atoms with Crippen molar-refractivity contribution >= 4 is 23.3 Å². The Labute approximate surface area is 75.1 Å². The van der Waals surface area contributed by atoms with Gasteiger partial charge in [0, 0.05) is 10.9 Å². The Morgan fingerprint density at radius 2 is 2.50 bits per heavy atom. The minimum Gasteiger partial charge on any atom is -0.277 e. The molecule has 1 aliphatic rings. The van der Waals surface area contributed by atoms with E-state index in [1.54, 1.807) is 0 Å². The topological polar surface area (TPSA) is 55.5 Å². The van der Waals surface area contributed by atoms with E-state index in [0.29, 0.717) is 4.86 Å². The van der Waals surface area contributed by atoms with Gasteiger partial charge in [0.25, 0.3) is 5.70 Å². The van der Waals surface area contributed by atoms with Gasteiger partial charge in [-0.1, -0.05) is 19.1 Å². The summed E-state index contributed by atoms with van der Waals surface area (Å²) in [7, 11) is 0. The molecule has 0 saturated heterocycles. The van der Waals surface area contributed by atoms with E-state index in [2.05, 4.69) is 4.99 Å². The zero-order valence-corrected chi connectivity index (χ0v) is 7.37. The highest BCUT2D eigenvalue weighted by molar-refractivity contribution is 7.80. The smallest absolute Gasteiger partial charge is 0.277 e. The maximum absolute atomic E-state index is 10.3. The lowest BCUT2D eigenvalue weighted by molar-refractivity contribution is -0.414. The van der Waals surface area contributed by atoms with Crippen molar-refractivity contribution in [2.45, 2.75) is 19.4 Å². The molecule has 0 fully saturated rings. The molecule has 0 aromatic rings. The van der Waals surface area contributed by atoms with Crippen LogP contribution in [0.25, 0.3) is 0 Å². The monoisotopic (exact) mass is 184 g/mol. The highest BCUT2D eigenvalue weighted by atomic mass is 32.1. The third-order valence-corrected chi connectivity index (χ3v) is 1.99. The SMILES string of the molecule is CCC1N=CC([N+](=O)[O-])=CC1=S. The first-order valence-corrected chi connectivity index (χ1v) is 3.99. The zero-order chi connectivity index (χ0) is 9.14. The lowest BCUT2D eigenvalue weighted by Gasteiger charge is -2.10. The van der Waals surface area contributed by atoms with Crippen molar-refractivity contribution < 1.29 is 4.92 Å². The van der Waals surface area contributed by atoms with Crippen LogP contribution in [0.2, 0.25) is 0 Å². The minimum atomic E-state index is -0.484. The van der Waals surface area contributed by atoms with E-state index < -0.39 is 4.92 Å². The molecular weight excluding hydrogens is 176 g/mol. The van der Waals surface area contributed by atoms with Crippen LogP contribution in [0.4, 0.5) is 0 Å². The molecular formula is C7H8N2O2S. The van der Waals surface area contributed by atoms with Gasteiger partial charge in [-0.3, -0.25) is 15.1 Å². The zero-order valence-electron chi connectivity index (χ0n) is 6.56. The van der Waals surface area contributed by atoms with E-state index in [-0.39, 0.29) is 11.7 Å². The first-order chi connectivity index (χ1) is 5.65. The molecule has 0 aromatic carbocycles. The molecule has 5 heteroatoms. The summed E-state index contributed by atoms with van der Waals surface area (Å²) in [6.07, 6.45) is 3.46. The summed E-state index contributed by atoms with van der Waals surface area (Å²) in [6, 6.07) is -0.0521. The van der Waals surface area contributed by atoms with Crippen LogP contribution in [0.5, 0.6) is 0 Å². The Morgan fingerprint density at radius 1 is 1.83 bits per heavy atom. The standard InChI is InChI=1S/C7H8N2O2S/c1-2-6-7(12)3-5(4-8-6)9(10)11/h3-4,6H,2H2,1H3. The summed E-state index contributed by atoms with van der Waals surface area (Å²) in [4.78, 5) is 14.3. The molecule has 0 bridgehead atoms. The Hall–Kier alpha value is -1.10. The quantitative estimate of drug-likeness (QED) is 0.370. The second kappa shape index (κ2) is 3.53. The first kappa shape index (κ1) is 8.99. The fourth-order valence-corrected chi connectivity index (χ4v) is 1.27.